The Hall–Kier alpha value is -1.89. The van der Waals surface area contributed by atoms with Crippen LogP contribution in [0.25, 0.3) is 0 Å². The van der Waals surface area contributed by atoms with Crippen molar-refractivity contribution in [1.82, 2.24) is 10.1 Å². The Morgan fingerprint density at radius 2 is 2.33 bits per heavy atom. The zero-order valence-electron chi connectivity index (χ0n) is 12.3. The molecule has 1 aliphatic rings. The highest BCUT2D eigenvalue weighted by molar-refractivity contribution is 5.92. The third-order valence-corrected chi connectivity index (χ3v) is 3.39. The average molecular weight is 296 g/mol. The van der Waals surface area contributed by atoms with Crippen molar-refractivity contribution in [2.45, 2.75) is 26.4 Å². The summed E-state index contributed by atoms with van der Waals surface area (Å²) in [4.78, 5) is 25.8. The van der Waals surface area contributed by atoms with E-state index in [9.17, 15) is 9.59 Å². The lowest BCUT2D eigenvalue weighted by atomic mass is 9.98. The van der Waals surface area contributed by atoms with Gasteiger partial charge >= 0.3 is 5.97 Å². The number of amides is 1. The minimum absolute atomic E-state index is 0.227. The fourth-order valence-electron chi connectivity index (χ4n) is 2.40. The number of hydrogen-bond acceptors (Lipinski definition) is 6. The third-order valence-electron chi connectivity index (χ3n) is 3.39. The molecule has 0 bridgehead atoms. The number of aromatic nitrogens is 1. The van der Waals surface area contributed by atoms with Crippen molar-refractivity contribution < 1.29 is 23.6 Å². The lowest BCUT2D eigenvalue weighted by Crippen LogP contribution is -2.42. The summed E-state index contributed by atoms with van der Waals surface area (Å²) in [6, 6.07) is 1.57. The molecule has 0 radical (unpaired) electrons. The van der Waals surface area contributed by atoms with E-state index in [0.29, 0.717) is 25.5 Å². The summed E-state index contributed by atoms with van der Waals surface area (Å²) < 4.78 is 15.0. The van der Waals surface area contributed by atoms with E-state index in [1.165, 1.54) is 0 Å². The highest BCUT2D eigenvalue weighted by Crippen LogP contribution is 2.20. The normalized spacial score (nSPS) is 18.6. The Morgan fingerprint density at radius 1 is 1.52 bits per heavy atom. The second kappa shape index (κ2) is 7.21. The van der Waals surface area contributed by atoms with Crippen molar-refractivity contribution in [2.75, 3.05) is 26.8 Å². The molecule has 0 spiro atoms. The van der Waals surface area contributed by atoms with Gasteiger partial charge < -0.3 is 18.9 Å². The third kappa shape index (κ3) is 3.81. The SMILES string of the molecule is CCOC(=O)C1CCCN(C(=O)c2cc(COC)on2)C1. The highest BCUT2D eigenvalue weighted by Gasteiger charge is 2.30. The van der Waals surface area contributed by atoms with Crippen LogP contribution in [0.15, 0.2) is 10.6 Å². The van der Waals surface area contributed by atoms with Gasteiger partial charge in [-0.1, -0.05) is 5.16 Å². The Labute approximate surface area is 123 Å². The van der Waals surface area contributed by atoms with E-state index in [1.807, 2.05) is 0 Å². The molecule has 7 heteroatoms. The lowest BCUT2D eigenvalue weighted by molar-refractivity contribution is -0.149. The van der Waals surface area contributed by atoms with Crippen molar-refractivity contribution >= 4 is 11.9 Å². The van der Waals surface area contributed by atoms with Gasteiger partial charge in [0.05, 0.1) is 12.5 Å². The second-order valence-electron chi connectivity index (χ2n) is 4.95. The van der Waals surface area contributed by atoms with Crippen LogP contribution in [0.5, 0.6) is 0 Å². The summed E-state index contributed by atoms with van der Waals surface area (Å²) in [5, 5.41) is 3.75. The highest BCUT2D eigenvalue weighted by atomic mass is 16.5. The maximum atomic E-state index is 12.4. The first-order valence-electron chi connectivity index (χ1n) is 7.06. The Bertz CT molecular complexity index is 499. The molecule has 0 aromatic carbocycles. The van der Waals surface area contributed by atoms with Gasteiger partial charge in [0, 0.05) is 26.3 Å². The molecule has 7 nitrogen and oxygen atoms in total. The molecule has 1 aliphatic heterocycles. The van der Waals surface area contributed by atoms with Crippen molar-refractivity contribution in [3.63, 3.8) is 0 Å². The van der Waals surface area contributed by atoms with Crippen molar-refractivity contribution in [2.24, 2.45) is 5.92 Å². The maximum Gasteiger partial charge on any atom is 0.310 e. The van der Waals surface area contributed by atoms with E-state index in [4.69, 9.17) is 14.0 Å². The molecule has 1 fully saturated rings. The number of likely N-dealkylation sites (tertiary alicyclic amines) is 1. The van der Waals surface area contributed by atoms with Gasteiger partial charge in [-0.05, 0) is 19.8 Å². The fraction of sp³-hybridized carbons (Fsp3) is 0.643. The van der Waals surface area contributed by atoms with E-state index in [0.717, 1.165) is 12.8 Å². The molecule has 1 amide bonds. The molecular formula is C14H20N2O5. The van der Waals surface area contributed by atoms with Crippen molar-refractivity contribution in [1.29, 1.82) is 0 Å². The van der Waals surface area contributed by atoms with Crippen LogP contribution in [0.4, 0.5) is 0 Å². The van der Waals surface area contributed by atoms with Crippen LogP contribution in [0, 0.1) is 5.92 Å². The summed E-state index contributed by atoms with van der Waals surface area (Å²) in [7, 11) is 1.54. The van der Waals surface area contributed by atoms with Gasteiger partial charge in [-0.25, -0.2) is 0 Å². The van der Waals surface area contributed by atoms with Crippen LogP contribution in [0.1, 0.15) is 36.0 Å². The van der Waals surface area contributed by atoms with E-state index >= 15 is 0 Å². The van der Waals surface area contributed by atoms with Crippen LogP contribution in [-0.4, -0.2) is 48.7 Å². The van der Waals surface area contributed by atoms with Gasteiger partial charge in [-0.3, -0.25) is 9.59 Å². The fourth-order valence-corrected chi connectivity index (χ4v) is 2.40. The molecule has 2 rings (SSSR count). The van der Waals surface area contributed by atoms with Crippen LogP contribution in [0.3, 0.4) is 0 Å². The number of ether oxygens (including phenoxy) is 2. The van der Waals surface area contributed by atoms with Gasteiger partial charge in [0.15, 0.2) is 11.5 Å². The molecule has 1 saturated heterocycles. The lowest BCUT2D eigenvalue weighted by Gasteiger charge is -2.30. The molecule has 1 aromatic heterocycles. The Morgan fingerprint density at radius 3 is 3.05 bits per heavy atom. The van der Waals surface area contributed by atoms with Crippen molar-refractivity contribution in [3.05, 3.63) is 17.5 Å². The van der Waals surface area contributed by atoms with E-state index in [-0.39, 0.29) is 30.1 Å². The molecule has 1 aromatic rings. The number of carbonyl (C=O) groups is 2. The summed E-state index contributed by atoms with van der Waals surface area (Å²) in [5.74, 6) is -0.224. The Balaban J connectivity index is 1.99. The average Bonchev–Trinajstić information content (AvgIpc) is 2.96. The maximum absolute atomic E-state index is 12.4. The minimum atomic E-state index is -0.256. The quantitative estimate of drug-likeness (QED) is 0.760. The Kier molecular flexibility index (Phi) is 5.32. The summed E-state index contributed by atoms with van der Waals surface area (Å²) in [5.41, 5.74) is 0.242. The van der Waals surface area contributed by atoms with Crippen molar-refractivity contribution in [3.8, 4) is 0 Å². The van der Waals surface area contributed by atoms with Crippen LogP contribution >= 0.6 is 0 Å². The molecule has 0 N–H and O–H groups in total. The topological polar surface area (TPSA) is 81.9 Å². The zero-order valence-corrected chi connectivity index (χ0v) is 12.3. The minimum Gasteiger partial charge on any atom is -0.466 e. The van der Waals surface area contributed by atoms with Gasteiger partial charge in [0.2, 0.25) is 0 Å². The largest absolute Gasteiger partial charge is 0.466 e. The van der Waals surface area contributed by atoms with E-state index < -0.39 is 0 Å². The first-order valence-corrected chi connectivity index (χ1v) is 7.06. The number of methoxy groups -OCH3 is 1. The molecule has 21 heavy (non-hydrogen) atoms. The van der Waals surface area contributed by atoms with Gasteiger partial charge in [-0.15, -0.1) is 0 Å². The number of nitrogens with zero attached hydrogens (tertiary/aromatic N) is 2. The van der Waals surface area contributed by atoms with Crippen LogP contribution < -0.4 is 0 Å². The van der Waals surface area contributed by atoms with Crippen LogP contribution in [0.2, 0.25) is 0 Å². The first kappa shape index (κ1) is 15.5. The number of piperidine rings is 1. The second-order valence-corrected chi connectivity index (χ2v) is 4.95. The first-order chi connectivity index (χ1) is 10.2. The summed E-state index contributed by atoms with van der Waals surface area (Å²) >= 11 is 0. The molecule has 116 valence electrons. The number of hydrogen-bond donors (Lipinski definition) is 0. The number of carbonyl (C=O) groups excluding carboxylic acids is 2. The zero-order chi connectivity index (χ0) is 15.2. The summed E-state index contributed by atoms with van der Waals surface area (Å²) in [6.45, 7) is 3.38. The molecule has 2 heterocycles. The molecule has 0 saturated carbocycles. The smallest absolute Gasteiger partial charge is 0.310 e. The molecular weight excluding hydrogens is 276 g/mol. The molecule has 1 atom stereocenters. The number of esters is 1. The van der Waals surface area contributed by atoms with E-state index in [2.05, 4.69) is 5.16 Å². The monoisotopic (exact) mass is 296 g/mol. The molecule has 1 unspecified atom stereocenters. The van der Waals surface area contributed by atoms with Gasteiger partial charge in [0.1, 0.15) is 6.61 Å². The predicted molar refractivity (Wildman–Crippen MR) is 72.5 cm³/mol. The number of rotatable bonds is 5. The predicted octanol–water partition coefficient (Wildman–Crippen LogP) is 1.24. The standard InChI is InChI=1S/C14H20N2O5/c1-3-20-14(18)10-5-4-6-16(8-10)13(17)12-7-11(9-19-2)21-15-12/h7,10H,3-6,8-9H2,1-2H3. The van der Waals surface area contributed by atoms with Gasteiger partial charge in [0.25, 0.3) is 5.91 Å². The summed E-state index contributed by atoms with van der Waals surface area (Å²) in [6.07, 6.45) is 1.52. The van der Waals surface area contributed by atoms with Crippen LogP contribution in [-0.2, 0) is 20.9 Å². The van der Waals surface area contributed by atoms with E-state index in [1.54, 1.807) is 25.0 Å². The van der Waals surface area contributed by atoms with Gasteiger partial charge in [-0.2, -0.15) is 0 Å². The molecule has 0 aliphatic carbocycles.